The maximum Gasteiger partial charge on any atom is 0.0121 e. The van der Waals surface area contributed by atoms with E-state index in [0.717, 1.165) is 23.8 Å². The Hall–Kier alpha value is -0.0400. The van der Waals surface area contributed by atoms with Gasteiger partial charge in [0.1, 0.15) is 0 Å². The van der Waals surface area contributed by atoms with Crippen molar-refractivity contribution < 1.29 is 0 Å². The molecular weight excluding hydrogens is 170 g/mol. The van der Waals surface area contributed by atoms with Crippen LogP contribution in [0.4, 0.5) is 0 Å². The molecule has 0 heterocycles. The van der Waals surface area contributed by atoms with Crippen molar-refractivity contribution in [1.82, 2.24) is 5.32 Å². The Balaban J connectivity index is 1.91. The summed E-state index contributed by atoms with van der Waals surface area (Å²) in [5, 5.41) is 3.61. The van der Waals surface area contributed by atoms with Gasteiger partial charge in [-0.25, -0.2) is 0 Å². The maximum atomic E-state index is 3.61. The summed E-state index contributed by atoms with van der Waals surface area (Å²) >= 11 is 0. The molecule has 0 bridgehead atoms. The minimum atomic E-state index is 0.836. The highest BCUT2D eigenvalue weighted by Gasteiger charge is 2.33. The highest BCUT2D eigenvalue weighted by molar-refractivity contribution is 4.88. The van der Waals surface area contributed by atoms with Gasteiger partial charge in [-0.3, -0.25) is 0 Å². The van der Waals surface area contributed by atoms with E-state index < -0.39 is 0 Å². The zero-order valence-corrected chi connectivity index (χ0v) is 9.76. The van der Waals surface area contributed by atoms with Crippen molar-refractivity contribution in [2.24, 2.45) is 17.8 Å². The van der Waals surface area contributed by atoms with Crippen LogP contribution < -0.4 is 5.32 Å². The molecule has 0 aromatic rings. The number of hydrogen-bond donors (Lipinski definition) is 1. The predicted molar refractivity (Wildman–Crippen MR) is 61.3 cm³/mol. The topological polar surface area (TPSA) is 12.0 Å². The molecule has 3 atom stereocenters. The second-order valence-corrected chi connectivity index (χ2v) is 5.54. The molecule has 0 aromatic carbocycles. The van der Waals surface area contributed by atoms with E-state index in [2.05, 4.69) is 19.3 Å². The quantitative estimate of drug-likeness (QED) is 0.729. The lowest BCUT2D eigenvalue weighted by Gasteiger charge is -2.29. The first-order chi connectivity index (χ1) is 6.81. The molecule has 2 rings (SSSR count). The number of rotatable bonds is 3. The molecule has 82 valence electrons. The van der Waals surface area contributed by atoms with Gasteiger partial charge in [-0.05, 0) is 50.5 Å². The average molecular weight is 195 g/mol. The zero-order valence-electron chi connectivity index (χ0n) is 9.76. The Morgan fingerprint density at radius 2 is 1.71 bits per heavy atom. The molecule has 0 aliphatic heterocycles. The molecule has 1 nitrogen and oxygen atoms in total. The molecule has 2 saturated carbocycles. The molecular formula is C13H25N. The van der Waals surface area contributed by atoms with Crippen LogP contribution >= 0.6 is 0 Å². The SMILES string of the molecule is CNC(C1CCCC1)C1CCC(C)C1. The Morgan fingerprint density at radius 3 is 2.21 bits per heavy atom. The third kappa shape index (κ3) is 2.13. The maximum absolute atomic E-state index is 3.61. The highest BCUT2D eigenvalue weighted by Crippen LogP contribution is 2.39. The third-order valence-corrected chi connectivity index (χ3v) is 4.48. The van der Waals surface area contributed by atoms with E-state index in [0.29, 0.717) is 0 Å². The lowest BCUT2D eigenvalue weighted by Crippen LogP contribution is -2.38. The first kappa shape index (κ1) is 10.5. The summed E-state index contributed by atoms with van der Waals surface area (Å²) in [5.41, 5.74) is 0. The molecule has 0 aromatic heterocycles. The molecule has 0 saturated heterocycles. The summed E-state index contributed by atoms with van der Waals surface area (Å²) < 4.78 is 0. The van der Waals surface area contributed by atoms with Gasteiger partial charge in [-0.1, -0.05) is 26.2 Å². The van der Waals surface area contributed by atoms with Gasteiger partial charge in [0.05, 0.1) is 0 Å². The summed E-state index contributed by atoms with van der Waals surface area (Å²) in [5.74, 6) is 2.96. The third-order valence-electron chi connectivity index (χ3n) is 4.48. The van der Waals surface area contributed by atoms with Crippen LogP contribution in [0.25, 0.3) is 0 Å². The smallest absolute Gasteiger partial charge is 0.0121 e. The molecule has 0 spiro atoms. The molecule has 1 heteroatoms. The zero-order chi connectivity index (χ0) is 9.97. The fourth-order valence-corrected chi connectivity index (χ4v) is 3.75. The van der Waals surface area contributed by atoms with Crippen molar-refractivity contribution in [3.8, 4) is 0 Å². The van der Waals surface area contributed by atoms with Crippen molar-refractivity contribution in [3.63, 3.8) is 0 Å². The van der Waals surface area contributed by atoms with Gasteiger partial charge in [-0.2, -0.15) is 0 Å². The summed E-state index contributed by atoms with van der Waals surface area (Å²) in [6, 6.07) is 0.836. The largest absolute Gasteiger partial charge is 0.316 e. The van der Waals surface area contributed by atoms with Crippen molar-refractivity contribution >= 4 is 0 Å². The molecule has 2 aliphatic carbocycles. The van der Waals surface area contributed by atoms with Gasteiger partial charge in [0.25, 0.3) is 0 Å². The molecule has 14 heavy (non-hydrogen) atoms. The summed E-state index contributed by atoms with van der Waals surface area (Å²) in [7, 11) is 2.17. The Morgan fingerprint density at radius 1 is 1.00 bits per heavy atom. The van der Waals surface area contributed by atoms with Crippen LogP contribution in [0.15, 0.2) is 0 Å². The van der Waals surface area contributed by atoms with E-state index in [9.17, 15) is 0 Å². The van der Waals surface area contributed by atoms with E-state index in [-0.39, 0.29) is 0 Å². The Bertz CT molecular complexity index is 172. The van der Waals surface area contributed by atoms with Gasteiger partial charge < -0.3 is 5.32 Å². The lowest BCUT2D eigenvalue weighted by atomic mass is 9.85. The number of nitrogens with one attached hydrogen (secondary N) is 1. The normalized spacial score (nSPS) is 36.4. The van der Waals surface area contributed by atoms with Crippen LogP contribution in [0.5, 0.6) is 0 Å². The second-order valence-electron chi connectivity index (χ2n) is 5.54. The first-order valence-corrected chi connectivity index (χ1v) is 6.48. The van der Waals surface area contributed by atoms with Crippen LogP contribution in [0.1, 0.15) is 51.9 Å². The van der Waals surface area contributed by atoms with Gasteiger partial charge in [0.2, 0.25) is 0 Å². The van der Waals surface area contributed by atoms with Crippen molar-refractivity contribution in [2.75, 3.05) is 7.05 Å². The van der Waals surface area contributed by atoms with Crippen LogP contribution in [0, 0.1) is 17.8 Å². The van der Waals surface area contributed by atoms with Crippen molar-refractivity contribution in [3.05, 3.63) is 0 Å². The minimum Gasteiger partial charge on any atom is -0.316 e. The second kappa shape index (κ2) is 4.65. The average Bonchev–Trinajstić information content (AvgIpc) is 2.79. The van der Waals surface area contributed by atoms with Crippen LogP contribution in [-0.2, 0) is 0 Å². The van der Waals surface area contributed by atoms with E-state index in [1.165, 1.54) is 44.9 Å². The first-order valence-electron chi connectivity index (χ1n) is 6.48. The van der Waals surface area contributed by atoms with E-state index in [1.807, 2.05) is 0 Å². The molecule has 2 aliphatic rings. The van der Waals surface area contributed by atoms with E-state index in [4.69, 9.17) is 0 Å². The van der Waals surface area contributed by atoms with Crippen molar-refractivity contribution in [2.45, 2.75) is 57.9 Å². The van der Waals surface area contributed by atoms with Crippen LogP contribution in [0.2, 0.25) is 0 Å². The van der Waals surface area contributed by atoms with E-state index >= 15 is 0 Å². The molecule has 0 radical (unpaired) electrons. The van der Waals surface area contributed by atoms with Gasteiger partial charge >= 0.3 is 0 Å². The molecule has 1 N–H and O–H groups in total. The lowest BCUT2D eigenvalue weighted by molar-refractivity contribution is 0.270. The van der Waals surface area contributed by atoms with Gasteiger partial charge in [0, 0.05) is 6.04 Å². The Labute approximate surface area is 88.7 Å². The summed E-state index contributed by atoms with van der Waals surface area (Å²) in [6.07, 6.45) is 10.3. The molecule has 0 amide bonds. The molecule has 2 fully saturated rings. The molecule has 3 unspecified atom stereocenters. The van der Waals surface area contributed by atoms with Crippen molar-refractivity contribution in [1.29, 1.82) is 0 Å². The summed E-state index contributed by atoms with van der Waals surface area (Å²) in [6.45, 7) is 2.42. The Kier molecular flexibility index (Phi) is 3.48. The van der Waals surface area contributed by atoms with Gasteiger partial charge in [-0.15, -0.1) is 0 Å². The van der Waals surface area contributed by atoms with Crippen LogP contribution in [0.3, 0.4) is 0 Å². The van der Waals surface area contributed by atoms with Gasteiger partial charge in [0.15, 0.2) is 0 Å². The monoisotopic (exact) mass is 195 g/mol. The number of hydrogen-bond acceptors (Lipinski definition) is 1. The highest BCUT2D eigenvalue weighted by atomic mass is 14.9. The van der Waals surface area contributed by atoms with Crippen LogP contribution in [-0.4, -0.2) is 13.1 Å². The fraction of sp³-hybridized carbons (Fsp3) is 1.00. The fourth-order valence-electron chi connectivity index (χ4n) is 3.75. The predicted octanol–water partition coefficient (Wildman–Crippen LogP) is 3.20. The van der Waals surface area contributed by atoms with E-state index in [1.54, 1.807) is 0 Å². The summed E-state index contributed by atoms with van der Waals surface area (Å²) in [4.78, 5) is 0. The standard InChI is InChI=1S/C13H25N/c1-10-7-8-12(9-10)13(14-2)11-5-3-4-6-11/h10-14H,3-9H2,1-2H3. The minimum absolute atomic E-state index is 0.836.